The van der Waals surface area contributed by atoms with Gasteiger partial charge in [0.25, 0.3) is 5.91 Å². The molecule has 1 unspecified atom stereocenters. The molecule has 0 saturated carbocycles. The minimum atomic E-state index is -1.24. The van der Waals surface area contributed by atoms with Crippen LogP contribution in [-0.4, -0.2) is 45.3 Å². The molecule has 1 aromatic carbocycles. The molecule has 1 saturated heterocycles. The van der Waals surface area contributed by atoms with E-state index in [-0.39, 0.29) is 17.2 Å². The minimum Gasteiger partial charge on any atom is -0.497 e. The number of carbonyl (C=O) groups is 3. The van der Waals surface area contributed by atoms with Gasteiger partial charge in [-0.25, -0.2) is 4.79 Å². The van der Waals surface area contributed by atoms with Gasteiger partial charge in [0.05, 0.1) is 12.0 Å². The number of carbonyl (C=O) groups excluding carboxylic acids is 2. The number of methoxy groups -OCH3 is 1. The van der Waals surface area contributed by atoms with Gasteiger partial charge in [0.2, 0.25) is 5.91 Å². The van der Waals surface area contributed by atoms with E-state index >= 15 is 0 Å². The number of benzene rings is 1. The molecule has 1 fully saturated rings. The number of carboxylic acids is 1. The molecule has 1 atom stereocenters. The van der Waals surface area contributed by atoms with Crippen LogP contribution in [0.25, 0.3) is 6.08 Å². The molecular weight excluding hydrogens is 364 g/mol. The van der Waals surface area contributed by atoms with Crippen molar-refractivity contribution in [3.63, 3.8) is 0 Å². The van der Waals surface area contributed by atoms with Crippen LogP contribution in [0.1, 0.15) is 18.4 Å². The van der Waals surface area contributed by atoms with Crippen molar-refractivity contribution in [1.29, 1.82) is 0 Å². The van der Waals surface area contributed by atoms with E-state index in [4.69, 9.17) is 22.7 Å². The van der Waals surface area contributed by atoms with Crippen LogP contribution in [-0.2, 0) is 14.4 Å². The molecule has 9 heteroatoms. The third-order valence-electron chi connectivity index (χ3n) is 3.48. The van der Waals surface area contributed by atoms with Crippen molar-refractivity contribution in [3.8, 4) is 5.75 Å². The van der Waals surface area contributed by atoms with Gasteiger partial charge < -0.3 is 15.6 Å². The molecule has 1 heterocycles. The molecule has 132 valence electrons. The molecule has 0 bridgehead atoms. The molecule has 0 aliphatic carbocycles. The summed E-state index contributed by atoms with van der Waals surface area (Å²) in [5.41, 5.74) is 5.79. The van der Waals surface area contributed by atoms with E-state index in [2.05, 4.69) is 0 Å². The van der Waals surface area contributed by atoms with Gasteiger partial charge in [-0.1, -0.05) is 36.1 Å². The standard InChI is InChI=1S/C16H16N2O5S2/c1-23-10-4-2-3-9(7-10)8-12-14(20)18(16(24)25-12)11(15(21)22)5-6-13(17)19/h2-4,7-8,11H,5-6H2,1H3,(H2,17,19)(H,21,22)/b12-8-. The molecule has 2 amide bonds. The molecule has 1 aliphatic heterocycles. The van der Waals surface area contributed by atoms with Gasteiger partial charge in [-0.15, -0.1) is 0 Å². The monoisotopic (exact) mass is 380 g/mol. The normalized spacial score (nSPS) is 17.0. The topological polar surface area (TPSA) is 110 Å². The van der Waals surface area contributed by atoms with E-state index in [9.17, 15) is 19.5 Å². The Morgan fingerprint density at radius 2 is 2.20 bits per heavy atom. The predicted molar refractivity (Wildman–Crippen MR) is 97.9 cm³/mol. The van der Waals surface area contributed by atoms with Gasteiger partial charge in [0.1, 0.15) is 16.1 Å². The average Bonchev–Trinajstić information content (AvgIpc) is 2.82. The van der Waals surface area contributed by atoms with Gasteiger partial charge in [-0.3, -0.25) is 14.5 Å². The summed E-state index contributed by atoms with van der Waals surface area (Å²) in [6.45, 7) is 0. The van der Waals surface area contributed by atoms with Crippen LogP contribution < -0.4 is 10.5 Å². The lowest BCUT2D eigenvalue weighted by Gasteiger charge is -2.22. The average molecular weight is 380 g/mol. The van der Waals surface area contributed by atoms with E-state index in [0.717, 1.165) is 22.2 Å². The zero-order valence-corrected chi connectivity index (χ0v) is 14.9. The SMILES string of the molecule is COc1cccc(/C=C2\SC(=S)N(C(CCC(N)=O)C(=O)O)C2=O)c1. The number of nitrogens with two attached hydrogens (primary N) is 1. The zero-order valence-electron chi connectivity index (χ0n) is 13.3. The molecule has 0 radical (unpaired) electrons. The number of carboxylic acid groups (broad SMARTS) is 1. The van der Waals surface area contributed by atoms with Crippen LogP contribution in [0.4, 0.5) is 0 Å². The Kier molecular flexibility index (Phi) is 6.16. The number of rotatable bonds is 7. The van der Waals surface area contributed by atoms with E-state index in [0.29, 0.717) is 10.7 Å². The summed E-state index contributed by atoms with van der Waals surface area (Å²) in [5, 5.41) is 9.38. The van der Waals surface area contributed by atoms with Crippen molar-refractivity contribution in [1.82, 2.24) is 4.90 Å². The molecule has 2 rings (SSSR count). The highest BCUT2D eigenvalue weighted by molar-refractivity contribution is 8.26. The number of nitrogens with zero attached hydrogens (tertiary/aromatic N) is 1. The van der Waals surface area contributed by atoms with Crippen LogP contribution in [0.15, 0.2) is 29.2 Å². The highest BCUT2D eigenvalue weighted by atomic mass is 32.2. The van der Waals surface area contributed by atoms with Crippen LogP contribution in [0.2, 0.25) is 0 Å². The smallest absolute Gasteiger partial charge is 0.326 e. The highest BCUT2D eigenvalue weighted by Crippen LogP contribution is 2.35. The number of aliphatic carboxylic acids is 1. The molecule has 0 spiro atoms. The summed E-state index contributed by atoms with van der Waals surface area (Å²) in [7, 11) is 1.54. The third kappa shape index (κ3) is 4.58. The molecule has 7 nitrogen and oxygen atoms in total. The first-order chi connectivity index (χ1) is 11.8. The minimum absolute atomic E-state index is 0.0937. The number of ether oxygens (including phenoxy) is 1. The number of primary amides is 1. The second-order valence-electron chi connectivity index (χ2n) is 5.19. The number of hydrogen-bond acceptors (Lipinski definition) is 6. The highest BCUT2D eigenvalue weighted by Gasteiger charge is 2.40. The largest absolute Gasteiger partial charge is 0.497 e. The second-order valence-corrected chi connectivity index (χ2v) is 6.86. The Balaban J connectivity index is 2.26. The molecule has 0 aromatic heterocycles. The Bertz CT molecular complexity index is 763. The fraction of sp³-hybridized carbons (Fsp3) is 0.250. The summed E-state index contributed by atoms with van der Waals surface area (Å²) in [6.07, 6.45) is 1.38. The van der Waals surface area contributed by atoms with Crippen molar-refractivity contribution in [2.75, 3.05) is 7.11 Å². The van der Waals surface area contributed by atoms with E-state index in [1.54, 1.807) is 30.3 Å². The van der Waals surface area contributed by atoms with Crippen molar-refractivity contribution in [2.45, 2.75) is 18.9 Å². The van der Waals surface area contributed by atoms with E-state index in [1.807, 2.05) is 0 Å². The zero-order chi connectivity index (χ0) is 18.6. The maximum Gasteiger partial charge on any atom is 0.326 e. The van der Waals surface area contributed by atoms with Gasteiger partial charge in [-0.05, 0) is 30.2 Å². The Morgan fingerprint density at radius 3 is 2.80 bits per heavy atom. The summed E-state index contributed by atoms with van der Waals surface area (Å²) in [6, 6.07) is 5.85. The first-order valence-corrected chi connectivity index (χ1v) is 8.48. The molecule has 3 N–H and O–H groups in total. The third-order valence-corrected chi connectivity index (χ3v) is 4.81. The van der Waals surface area contributed by atoms with Crippen molar-refractivity contribution < 1.29 is 24.2 Å². The van der Waals surface area contributed by atoms with Crippen molar-refractivity contribution >= 4 is 52.2 Å². The Hall–Kier alpha value is -2.39. The summed E-state index contributed by atoms with van der Waals surface area (Å²) in [4.78, 5) is 36.4. The van der Waals surface area contributed by atoms with Crippen LogP contribution >= 0.6 is 24.0 Å². The fourth-order valence-electron chi connectivity index (χ4n) is 2.27. The summed E-state index contributed by atoms with van der Waals surface area (Å²) < 4.78 is 5.27. The van der Waals surface area contributed by atoms with Crippen LogP contribution in [0.5, 0.6) is 5.75 Å². The Morgan fingerprint density at radius 1 is 1.48 bits per heavy atom. The Labute approximate surface area is 153 Å². The quantitative estimate of drug-likeness (QED) is 0.546. The molecular formula is C16H16N2O5S2. The van der Waals surface area contributed by atoms with Crippen molar-refractivity contribution in [3.05, 3.63) is 34.7 Å². The number of thioether (sulfide) groups is 1. The first kappa shape index (κ1) is 18.9. The lowest BCUT2D eigenvalue weighted by Crippen LogP contribution is -2.44. The van der Waals surface area contributed by atoms with Gasteiger partial charge in [0, 0.05) is 6.42 Å². The predicted octanol–water partition coefficient (Wildman–Crippen LogP) is 1.62. The van der Waals surface area contributed by atoms with E-state index in [1.165, 1.54) is 7.11 Å². The summed E-state index contributed by atoms with van der Waals surface area (Å²) in [5.74, 6) is -1.74. The maximum atomic E-state index is 12.6. The van der Waals surface area contributed by atoms with Gasteiger partial charge in [0.15, 0.2) is 0 Å². The molecule has 1 aromatic rings. The van der Waals surface area contributed by atoms with Crippen LogP contribution in [0.3, 0.4) is 0 Å². The van der Waals surface area contributed by atoms with Gasteiger partial charge in [-0.2, -0.15) is 0 Å². The lowest BCUT2D eigenvalue weighted by atomic mass is 10.1. The first-order valence-electron chi connectivity index (χ1n) is 7.25. The number of amides is 2. The van der Waals surface area contributed by atoms with Crippen LogP contribution in [0, 0.1) is 0 Å². The second kappa shape index (κ2) is 8.13. The lowest BCUT2D eigenvalue weighted by molar-refractivity contribution is -0.145. The summed E-state index contributed by atoms with van der Waals surface area (Å²) >= 11 is 6.18. The molecule has 25 heavy (non-hydrogen) atoms. The van der Waals surface area contributed by atoms with Crippen molar-refractivity contribution in [2.24, 2.45) is 5.73 Å². The fourth-order valence-corrected chi connectivity index (χ4v) is 3.63. The van der Waals surface area contributed by atoms with Gasteiger partial charge >= 0.3 is 5.97 Å². The van der Waals surface area contributed by atoms with E-state index < -0.39 is 23.8 Å². The number of hydrogen-bond donors (Lipinski definition) is 2. The number of thiocarbonyl (C=S) groups is 1. The maximum absolute atomic E-state index is 12.6. The molecule has 1 aliphatic rings.